The molecule has 8 nitrogen and oxygen atoms in total. The molecule has 1 amide bonds. The summed E-state index contributed by atoms with van der Waals surface area (Å²) >= 11 is 0. The third-order valence-corrected chi connectivity index (χ3v) is 5.90. The molecule has 2 N–H and O–H groups in total. The van der Waals surface area contributed by atoms with E-state index in [0.29, 0.717) is 36.4 Å². The number of carbonyl (C=O) groups excluding carboxylic acids is 1. The van der Waals surface area contributed by atoms with Crippen LogP contribution in [0.15, 0.2) is 48.8 Å². The number of aromatic nitrogens is 4. The van der Waals surface area contributed by atoms with E-state index in [1.54, 1.807) is 23.1 Å². The molecule has 1 aliphatic rings. The lowest BCUT2D eigenvalue weighted by Gasteiger charge is -2.16. The average Bonchev–Trinajstić information content (AvgIpc) is 3.45. The van der Waals surface area contributed by atoms with Gasteiger partial charge in [-0.2, -0.15) is 18.3 Å². The number of rotatable bonds is 6. The summed E-state index contributed by atoms with van der Waals surface area (Å²) in [6.07, 6.45) is -0.739. The van der Waals surface area contributed by atoms with Gasteiger partial charge in [0.25, 0.3) is 0 Å². The molecule has 0 aliphatic carbocycles. The standard InChI is InChI=1S/C24H20F4N6O2/c25-17-11-14(3-5-20(17)36-9-8-33-7-1-2-22(33)35)18-4-6-21-30-13-19(34(21)32-18)15-10-16(24(26,27)28)23(29)31-12-15/h3-6,10-13H,1-2,7-9H2,(H2,29,31). The Hall–Kier alpha value is -4.22. The molecule has 0 atom stereocenters. The SMILES string of the molecule is Nc1ncc(-c2cnc3ccc(-c4ccc(OCCN5CCCC5=O)c(F)c4)nn23)cc1C(F)(F)F. The van der Waals surface area contributed by atoms with Crippen molar-refractivity contribution in [2.45, 2.75) is 19.0 Å². The second-order valence-electron chi connectivity index (χ2n) is 8.26. The van der Waals surface area contributed by atoms with Gasteiger partial charge in [-0.3, -0.25) is 4.79 Å². The number of imidazole rings is 1. The first kappa shape index (κ1) is 23.5. The number of fused-ring (bicyclic) bond motifs is 1. The highest BCUT2D eigenvalue weighted by Gasteiger charge is 2.34. The zero-order valence-corrected chi connectivity index (χ0v) is 18.8. The van der Waals surface area contributed by atoms with Crippen LogP contribution >= 0.6 is 0 Å². The molecule has 0 radical (unpaired) electrons. The van der Waals surface area contributed by atoms with Crippen molar-refractivity contribution >= 4 is 17.4 Å². The van der Waals surface area contributed by atoms with Crippen LogP contribution in [0.5, 0.6) is 5.75 Å². The predicted octanol–water partition coefficient (Wildman–Crippen LogP) is 4.20. The number of nitrogen functional groups attached to an aromatic ring is 1. The second-order valence-corrected chi connectivity index (χ2v) is 8.26. The minimum Gasteiger partial charge on any atom is -0.489 e. The molecular weight excluding hydrogens is 480 g/mol. The molecular formula is C24H20F4N6O2. The van der Waals surface area contributed by atoms with E-state index in [-0.39, 0.29) is 29.5 Å². The molecule has 4 heterocycles. The first-order chi connectivity index (χ1) is 17.2. The van der Waals surface area contributed by atoms with Gasteiger partial charge in [-0.05, 0) is 42.8 Å². The minimum absolute atomic E-state index is 0.0439. The molecule has 1 fully saturated rings. The lowest BCUT2D eigenvalue weighted by Crippen LogP contribution is -2.29. The summed E-state index contributed by atoms with van der Waals surface area (Å²) in [5, 5.41) is 4.45. The molecule has 36 heavy (non-hydrogen) atoms. The lowest BCUT2D eigenvalue weighted by atomic mass is 10.1. The van der Waals surface area contributed by atoms with Crippen molar-refractivity contribution in [3.05, 3.63) is 60.2 Å². The van der Waals surface area contributed by atoms with E-state index in [1.165, 1.54) is 29.0 Å². The van der Waals surface area contributed by atoms with Gasteiger partial charge in [0.15, 0.2) is 17.2 Å². The number of hydrogen-bond donors (Lipinski definition) is 1. The van der Waals surface area contributed by atoms with E-state index < -0.39 is 23.4 Å². The Labute approximate surface area is 202 Å². The van der Waals surface area contributed by atoms with Crippen molar-refractivity contribution in [2.75, 3.05) is 25.4 Å². The Bertz CT molecular complexity index is 1450. The molecule has 1 aliphatic heterocycles. The third kappa shape index (κ3) is 4.53. The Balaban J connectivity index is 1.40. The van der Waals surface area contributed by atoms with E-state index in [2.05, 4.69) is 15.1 Å². The summed E-state index contributed by atoms with van der Waals surface area (Å²) in [6, 6.07) is 8.49. The summed E-state index contributed by atoms with van der Waals surface area (Å²) in [7, 11) is 0. The second kappa shape index (κ2) is 9.10. The smallest absolute Gasteiger partial charge is 0.419 e. The topological polar surface area (TPSA) is 98.6 Å². The monoisotopic (exact) mass is 500 g/mol. The number of anilines is 1. The van der Waals surface area contributed by atoms with E-state index in [1.807, 2.05) is 0 Å². The predicted molar refractivity (Wildman–Crippen MR) is 122 cm³/mol. The van der Waals surface area contributed by atoms with Gasteiger partial charge in [0.2, 0.25) is 5.91 Å². The van der Waals surface area contributed by atoms with Crippen LogP contribution in [-0.2, 0) is 11.0 Å². The highest BCUT2D eigenvalue weighted by molar-refractivity contribution is 5.78. The van der Waals surface area contributed by atoms with Crippen molar-refractivity contribution in [2.24, 2.45) is 0 Å². The number of benzene rings is 1. The summed E-state index contributed by atoms with van der Waals surface area (Å²) in [6.45, 7) is 1.23. The first-order valence-corrected chi connectivity index (χ1v) is 11.1. The lowest BCUT2D eigenvalue weighted by molar-refractivity contribution is -0.137. The molecule has 0 unspecified atom stereocenters. The van der Waals surface area contributed by atoms with Gasteiger partial charge in [-0.1, -0.05) is 0 Å². The van der Waals surface area contributed by atoms with Crippen molar-refractivity contribution in [1.29, 1.82) is 0 Å². The maximum atomic E-state index is 14.7. The van der Waals surface area contributed by atoms with E-state index >= 15 is 0 Å². The number of amides is 1. The van der Waals surface area contributed by atoms with Gasteiger partial charge in [-0.15, -0.1) is 0 Å². The largest absolute Gasteiger partial charge is 0.489 e. The van der Waals surface area contributed by atoms with Crippen LogP contribution in [0.4, 0.5) is 23.4 Å². The number of nitrogens with two attached hydrogens (primary N) is 1. The maximum absolute atomic E-state index is 14.7. The normalized spacial score (nSPS) is 14.1. The molecule has 0 spiro atoms. The number of hydrogen-bond acceptors (Lipinski definition) is 6. The maximum Gasteiger partial charge on any atom is 0.419 e. The van der Waals surface area contributed by atoms with Crippen LogP contribution in [-0.4, -0.2) is 50.1 Å². The molecule has 0 saturated carbocycles. The van der Waals surface area contributed by atoms with Gasteiger partial charge in [-0.25, -0.2) is 18.9 Å². The number of pyridine rings is 1. The Morgan fingerprint density at radius 3 is 2.61 bits per heavy atom. The van der Waals surface area contributed by atoms with Crippen LogP contribution < -0.4 is 10.5 Å². The fraction of sp³-hybridized carbons (Fsp3) is 0.250. The molecule has 1 aromatic carbocycles. The summed E-state index contributed by atoms with van der Waals surface area (Å²) in [5.74, 6) is -1.12. The van der Waals surface area contributed by atoms with Crippen molar-refractivity contribution in [1.82, 2.24) is 24.5 Å². The Morgan fingerprint density at radius 1 is 1.06 bits per heavy atom. The van der Waals surface area contributed by atoms with Crippen molar-refractivity contribution in [3.63, 3.8) is 0 Å². The number of carbonyl (C=O) groups is 1. The van der Waals surface area contributed by atoms with Crippen molar-refractivity contribution < 1.29 is 27.1 Å². The van der Waals surface area contributed by atoms with E-state index in [9.17, 15) is 22.4 Å². The van der Waals surface area contributed by atoms with E-state index in [0.717, 1.165) is 12.5 Å². The van der Waals surface area contributed by atoms with Crippen molar-refractivity contribution in [3.8, 4) is 28.3 Å². The zero-order valence-electron chi connectivity index (χ0n) is 18.8. The van der Waals surface area contributed by atoms with Crippen LogP contribution in [0.2, 0.25) is 0 Å². The number of likely N-dealkylation sites (tertiary alicyclic amines) is 1. The Kier molecular flexibility index (Phi) is 5.94. The zero-order chi connectivity index (χ0) is 25.4. The first-order valence-electron chi connectivity index (χ1n) is 11.1. The number of halogens is 4. The Morgan fingerprint density at radius 2 is 1.89 bits per heavy atom. The molecule has 4 aromatic rings. The molecule has 12 heteroatoms. The van der Waals surface area contributed by atoms with E-state index in [4.69, 9.17) is 10.5 Å². The fourth-order valence-electron chi connectivity index (χ4n) is 4.05. The van der Waals surface area contributed by atoms with Crippen LogP contribution in [0.25, 0.3) is 28.2 Å². The number of ether oxygens (including phenoxy) is 1. The molecule has 186 valence electrons. The molecule has 0 bridgehead atoms. The summed E-state index contributed by atoms with van der Waals surface area (Å²) < 4.78 is 61.5. The van der Waals surface area contributed by atoms with Gasteiger partial charge in [0, 0.05) is 30.3 Å². The van der Waals surface area contributed by atoms with Gasteiger partial charge < -0.3 is 15.4 Å². The fourth-order valence-corrected chi connectivity index (χ4v) is 4.05. The number of alkyl halides is 3. The van der Waals surface area contributed by atoms with Crippen LogP contribution in [0.1, 0.15) is 18.4 Å². The van der Waals surface area contributed by atoms with Crippen LogP contribution in [0, 0.1) is 5.82 Å². The quantitative estimate of drug-likeness (QED) is 0.399. The van der Waals surface area contributed by atoms with Crippen LogP contribution in [0.3, 0.4) is 0 Å². The number of nitrogens with zero attached hydrogens (tertiary/aromatic N) is 5. The van der Waals surface area contributed by atoms with Gasteiger partial charge in [0.05, 0.1) is 29.7 Å². The average molecular weight is 500 g/mol. The highest BCUT2D eigenvalue weighted by atomic mass is 19.4. The highest BCUT2D eigenvalue weighted by Crippen LogP contribution is 2.35. The third-order valence-electron chi connectivity index (χ3n) is 5.90. The van der Waals surface area contributed by atoms with Gasteiger partial charge >= 0.3 is 6.18 Å². The summed E-state index contributed by atoms with van der Waals surface area (Å²) in [5.41, 5.74) is 5.92. The van der Waals surface area contributed by atoms with Gasteiger partial charge in [0.1, 0.15) is 12.4 Å². The summed E-state index contributed by atoms with van der Waals surface area (Å²) in [4.78, 5) is 21.2. The molecule has 1 saturated heterocycles. The molecule has 5 rings (SSSR count). The minimum atomic E-state index is -4.67. The molecule has 3 aromatic heterocycles.